The number of hydrogen-bond acceptors (Lipinski definition) is 3. The van der Waals surface area contributed by atoms with Crippen LogP contribution in [0.1, 0.15) is 10.4 Å². The summed E-state index contributed by atoms with van der Waals surface area (Å²) in [4.78, 5) is 12.1. The Bertz CT molecular complexity index is 976. The molecule has 3 aromatic rings. The highest BCUT2D eigenvalue weighted by molar-refractivity contribution is 6.32. The Kier molecular flexibility index (Phi) is 6.95. The molecule has 3 aromatic carbocycles. The van der Waals surface area contributed by atoms with Crippen LogP contribution in [0.15, 0.2) is 78.9 Å². The maximum Gasteiger partial charge on any atom is 0.252 e. The number of hydrogen-bond donors (Lipinski definition) is 1. The number of benzene rings is 3. The third-order valence-corrected chi connectivity index (χ3v) is 4.01. The Labute approximate surface area is 169 Å². The van der Waals surface area contributed by atoms with Gasteiger partial charge in [0, 0.05) is 5.56 Å². The summed E-state index contributed by atoms with van der Waals surface area (Å²) >= 11 is 5.99. The van der Waals surface area contributed by atoms with Crippen LogP contribution in [0.4, 0.5) is 0 Å². The second-order valence-corrected chi connectivity index (χ2v) is 6.10. The lowest BCUT2D eigenvalue weighted by molar-refractivity contribution is 0.0958. The van der Waals surface area contributed by atoms with Crippen molar-refractivity contribution in [3.05, 3.63) is 89.4 Å². The normalized spacial score (nSPS) is 9.75. The van der Waals surface area contributed by atoms with Crippen molar-refractivity contribution in [1.29, 1.82) is 0 Å². The molecule has 4 nitrogen and oxygen atoms in total. The number of nitrogens with one attached hydrogen (secondary N) is 1. The van der Waals surface area contributed by atoms with E-state index in [1.165, 1.54) is 0 Å². The van der Waals surface area contributed by atoms with E-state index >= 15 is 0 Å². The Hall–Kier alpha value is -3.42. The molecule has 0 aliphatic rings. The van der Waals surface area contributed by atoms with Gasteiger partial charge in [0.1, 0.15) is 23.9 Å². The molecule has 5 heteroatoms. The smallest absolute Gasteiger partial charge is 0.252 e. The van der Waals surface area contributed by atoms with Crippen LogP contribution in [0.3, 0.4) is 0 Å². The third-order valence-electron chi connectivity index (χ3n) is 3.69. The van der Waals surface area contributed by atoms with E-state index in [2.05, 4.69) is 17.2 Å². The summed E-state index contributed by atoms with van der Waals surface area (Å²) in [5.41, 5.74) is 0.537. The van der Waals surface area contributed by atoms with Crippen molar-refractivity contribution in [1.82, 2.24) is 5.32 Å². The predicted molar refractivity (Wildman–Crippen MR) is 110 cm³/mol. The van der Waals surface area contributed by atoms with Crippen molar-refractivity contribution < 1.29 is 14.3 Å². The number of para-hydroxylation sites is 2. The highest BCUT2D eigenvalue weighted by atomic mass is 35.5. The van der Waals surface area contributed by atoms with Crippen molar-refractivity contribution in [2.45, 2.75) is 0 Å². The molecule has 0 aliphatic heterocycles. The highest BCUT2D eigenvalue weighted by Gasteiger charge is 2.04. The van der Waals surface area contributed by atoms with Crippen molar-refractivity contribution in [3.8, 4) is 29.1 Å². The van der Waals surface area contributed by atoms with Gasteiger partial charge < -0.3 is 14.8 Å². The first-order valence-corrected chi connectivity index (χ1v) is 9.04. The van der Waals surface area contributed by atoms with Gasteiger partial charge in [-0.15, -0.1) is 0 Å². The van der Waals surface area contributed by atoms with E-state index in [9.17, 15) is 4.79 Å². The molecule has 0 spiro atoms. The predicted octanol–water partition coefficient (Wildman–Crippen LogP) is 4.94. The van der Waals surface area contributed by atoms with Crippen molar-refractivity contribution in [2.75, 3.05) is 13.2 Å². The third kappa shape index (κ3) is 5.80. The van der Waals surface area contributed by atoms with Crippen molar-refractivity contribution in [3.63, 3.8) is 0 Å². The minimum atomic E-state index is -0.201. The van der Waals surface area contributed by atoms with Gasteiger partial charge in [-0.3, -0.25) is 4.79 Å². The van der Waals surface area contributed by atoms with Crippen LogP contribution in [0.2, 0.25) is 5.02 Å². The molecule has 0 radical (unpaired) electrons. The van der Waals surface area contributed by atoms with Gasteiger partial charge >= 0.3 is 0 Å². The summed E-state index contributed by atoms with van der Waals surface area (Å²) in [7, 11) is 0. The van der Waals surface area contributed by atoms with Gasteiger partial charge in [0.05, 0.1) is 11.6 Å². The largest absolute Gasteiger partial charge is 0.479 e. The molecule has 1 amide bonds. The quantitative estimate of drug-likeness (QED) is 0.605. The SMILES string of the molecule is O=C(NCC#CCOc1ccccc1Cl)c1ccc(Oc2ccccc2)cc1. The van der Waals surface area contributed by atoms with Gasteiger partial charge in [-0.25, -0.2) is 0 Å². The minimum Gasteiger partial charge on any atom is -0.479 e. The van der Waals surface area contributed by atoms with E-state index in [1.807, 2.05) is 42.5 Å². The zero-order chi connectivity index (χ0) is 19.6. The number of halogens is 1. The fraction of sp³-hybridized carbons (Fsp3) is 0.0870. The monoisotopic (exact) mass is 391 g/mol. The van der Waals surface area contributed by atoms with E-state index in [1.54, 1.807) is 36.4 Å². The van der Waals surface area contributed by atoms with Crippen LogP contribution < -0.4 is 14.8 Å². The maximum atomic E-state index is 12.1. The second kappa shape index (κ2) is 10.1. The fourth-order valence-corrected chi connectivity index (χ4v) is 2.50. The van der Waals surface area contributed by atoms with Crippen LogP contribution in [-0.4, -0.2) is 19.1 Å². The Balaban J connectivity index is 1.43. The average Bonchev–Trinajstić information content (AvgIpc) is 2.73. The molecular formula is C23H18ClNO3. The topological polar surface area (TPSA) is 47.6 Å². The molecule has 0 aromatic heterocycles. The molecule has 0 fully saturated rings. The lowest BCUT2D eigenvalue weighted by atomic mass is 10.2. The van der Waals surface area contributed by atoms with E-state index in [0.29, 0.717) is 22.1 Å². The van der Waals surface area contributed by atoms with Gasteiger partial charge in [-0.2, -0.15) is 0 Å². The summed E-state index contributed by atoms with van der Waals surface area (Å²) in [6, 6.07) is 23.6. The maximum absolute atomic E-state index is 12.1. The molecule has 0 unspecified atom stereocenters. The molecule has 28 heavy (non-hydrogen) atoms. The Morgan fingerprint density at radius 1 is 0.857 bits per heavy atom. The zero-order valence-electron chi connectivity index (χ0n) is 15.0. The van der Waals surface area contributed by atoms with Crippen molar-refractivity contribution in [2.24, 2.45) is 0 Å². The molecule has 3 rings (SSSR count). The first kappa shape index (κ1) is 19.3. The average molecular weight is 392 g/mol. The van der Waals surface area contributed by atoms with Gasteiger partial charge in [0.2, 0.25) is 0 Å². The van der Waals surface area contributed by atoms with E-state index < -0.39 is 0 Å². The first-order chi connectivity index (χ1) is 13.7. The minimum absolute atomic E-state index is 0.200. The van der Waals surface area contributed by atoms with Crippen LogP contribution in [0.5, 0.6) is 17.2 Å². The highest BCUT2D eigenvalue weighted by Crippen LogP contribution is 2.23. The summed E-state index contributed by atoms with van der Waals surface area (Å²) in [6.45, 7) is 0.429. The molecule has 0 atom stereocenters. The molecule has 0 heterocycles. The number of ether oxygens (including phenoxy) is 2. The molecule has 0 aliphatic carbocycles. The van der Waals surface area contributed by atoms with Crippen LogP contribution >= 0.6 is 11.6 Å². The van der Waals surface area contributed by atoms with E-state index in [-0.39, 0.29) is 19.1 Å². The molecule has 0 bridgehead atoms. The Morgan fingerprint density at radius 2 is 1.54 bits per heavy atom. The van der Waals surface area contributed by atoms with Crippen LogP contribution in [0.25, 0.3) is 0 Å². The van der Waals surface area contributed by atoms with Crippen molar-refractivity contribution >= 4 is 17.5 Å². The summed E-state index contributed by atoms with van der Waals surface area (Å²) in [5, 5.41) is 3.28. The molecule has 1 N–H and O–H groups in total. The molecule has 0 saturated carbocycles. The van der Waals surface area contributed by atoms with Gasteiger partial charge in [0.15, 0.2) is 0 Å². The Morgan fingerprint density at radius 3 is 2.29 bits per heavy atom. The zero-order valence-corrected chi connectivity index (χ0v) is 15.8. The molecule has 0 saturated heterocycles. The summed E-state index contributed by atoms with van der Waals surface area (Å²) < 4.78 is 11.2. The van der Waals surface area contributed by atoms with Gasteiger partial charge in [0.25, 0.3) is 5.91 Å². The number of rotatable bonds is 6. The number of carbonyl (C=O) groups is 1. The number of amides is 1. The second-order valence-electron chi connectivity index (χ2n) is 5.69. The first-order valence-electron chi connectivity index (χ1n) is 8.66. The number of carbonyl (C=O) groups excluding carboxylic acids is 1. The van der Waals surface area contributed by atoms with Crippen LogP contribution in [-0.2, 0) is 0 Å². The summed E-state index contributed by atoms with van der Waals surface area (Å²) in [5.74, 6) is 7.48. The van der Waals surface area contributed by atoms with Gasteiger partial charge in [-0.1, -0.05) is 53.8 Å². The molecule has 140 valence electrons. The lowest BCUT2D eigenvalue weighted by Crippen LogP contribution is -2.23. The van der Waals surface area contributed by atoms with E-state index in [4.69, 9.17) is 21.1 Å². The van der Waals surface area contributed by atoms with Crippen LogP contribution in [0, 0.1) is 11.8 Å². The fourth-order valence-electron chi connectivity index (χ4n) is 2.31. The standard InChI is InChI=1S/C23H18ClNO3/c24-21-10-4-5-11-22(21)27-17-7-6-16-25-23(26)18-12-14-20(15-13-18)28-19-8-2-1-3-9-19/h1-5,8-15H,16-17H2,(H,25,26). The lowest BCUT2D eigenvalue weighted by Gasteiger charge is -2.06. The summed E-state index contributed by atoms with van der Waals surface area (Å²) in [6.07, 6.45) is 0. The van der Waals surface area contributed by atoms with Gasteiger partial charge in [-0.05, 0) is 48.5 Å². The molecular weight excluding hydrogens is 374 g/mol. The van der Waals surface area contributed by atoms with E-state index in [0.717, 1.165) is 5.75 Å².